The van der Waals surface area contributed by atoms with E-state index in [0.29, 0.717) is 0 Å². The second-order valence-electron chi connectivity index (χ2n) is 7.41. The van der Waals surface area contributed by atoms with Gasteiger partial charge >= 0.3 is 0 Å². The first-order chi connectivity index (χ1) is 11.5. The average Bonchev–Trinajstić information content (AvgIpc) is 2.89. The minimum Gasteiger partial charge on any atom is -0.323 e. The Bertz CT molecular complexity index is 922. The number of nitrogens with zero attached hydrogens (tertiary/aromatic N) is 1. The molecule has 1 unspecified atom stereocenters. The van der Waals surface area contributed by atoms with E-state index >= 15 is 0 Å². The number of amides is 1. The van der Waals surface area contributed by atoms with Gasteiger partial charge < -0.3 is 4.90 Å². The van der Waals surface area contributed by atoms with E-state index in [0.717, 1.165) is 16.7 Å². The highest BCUT2D eigenvalue weighted by atomic mass is 16.2. The van der Waals surface area contributed by atoms with Gasteiger partial charge in [0.2, 0.25) is 0 Å². The van der Waals surface area contributed by atoms with Gasteiger partial charge in [-0.3, -0.25) is 4.79 Å². The Morgan fingerprint density at radius 1 is 0.833 bits per heavy atom. The van der Waals surface area contributed by atoms with Gasteiger partial charge in [-0.05, 0) is 48.7 Å². The summed E-state index contributed by atoms with van der Waals surface area (Å²) in [6, 6.07) is 22.7. The minimum atomic E-state index is -0.252. The molecule has 0 bridgehead atoms. The van der Waals surface area contributed by atoms with Gasteiger partial charge in [0.05, 0.1) is 6.04 Å². The molecular weight excluding hydrogens is 294 g/mol. The van der Waals surface area contributed by atoms with Crippen molar-refractivity contribution in [2.45, 2.75) is 32.4 Å². The molecule has 1 amide bonds. The van der Waals surface area contributed by atoms with E-state index in [1.165, 1.54) is 10.8 Å². The molecule has 4 rings (SSSR count). The third-order valence-corrected chi connectivity index (χ3v) is 4.79. The van der Waals surface area contributed by atoms with Crippen LogP contribution in [0.15, 0.2) is 66.7 Å². The summed E-state index contributed by atoms with van der Waals surface area (Å²) in [6.45, 7) is 6.32. The lowest BCUT2D eigenvalue weighted by Gasteiger charge is -2.37. The van der Waals surface area contributed by atoms with Gasteiger partial charge in [0.1, 0.15) is 0 Å². The molecule has 1 atom stereocenters. The highest BCUT2D eigenvalue weighted by Crippen LogP contribution is 2.45. The molecule has 1 aliphatic heterocycles. The summed E-state index contributed by atoms with van der Waals surface area (Å²) in [5.74, 6) is 0.122. The maximum atomic E-state index is 13.2. The first-order valence-electron chi connectivity index (χ1n) is 8.39. The molecule has 0 saturated heterocycles. The van der Waals surface area contributed by atoms with Gasteiger partial charge in [0, 0.05) is 11.1 Å². The first-order valence-corrected chi connectivity index (χ1v) is 8.39. The number of hydrogen-bond acceptors (Lipinski definition) is 1. The highest BCUT2D eigenvalue weighted by Gasteiger charge is 2.43. The van der Waals surface area contributed by atoms with Crippen LogP contribution in [0.5, 0.6) is 0 Å². The molecule has 0 saturated carbocycles. The van der Waals surface area contributed by atoms with Crippen LogP contribution in [0.2, 0.25) is 0 Å². The predicted octanol–water partition coefficient (Wildman–Crippen LogP) is 5.18. The van der Waals surface area contributed by atoms with E-state index < -0.39 is 0 Å². The summed E-state index contributed by atoms with van der Waals surface area (Å²) >= 11 is 0. The Balaban J connectivity index is 2.05. The van der Waals surface area contributed by atoms with E-state index in [9.17, 15) is 4.79 Å². The van der Waals surface area contributed by atoms with Gasteiger partial charge in [-0.25, -0.2) is 0 Å². The van der Waals surface area contributed by atoms with E-state index in [1.807, 2.05) is 35.2 Å². The molecule has 2 heteroatoms. The summed E-state index contributed by atoms with van der Waals surface area (Å²) in [7, 11) is 0. The van der Waals surface area contributed by atoms with Gasteiger partial charge in [-0.15, -0.1) is 0 Å². The average molecular weight is 315 g/mol. The highest BCUT2D eigenvalue weighted by molar-refractivity contribution is 6.06. The Morgan fingerprint density at radius 3 is 2.21 bits per heavy atom. The maximum absolute atomic E-state index is 13.2. The third kappa shape index (κ3) is 2.14. The van der Waals surface area contributed by atoms with Crippen molar-refractivity contribution in [3.8, 4) is 0 Å². The zero-order valence-electron chi connectivity index (χ0n) is 14.3. The molecule has 0 aromatic heterocycles. The van der Waals surface area contributed by atoms with Crippen LogP contribution in [0.1, 0.15) is 48.3 Å². The first kappa shape index (κ1) is 14.9. The molecule has 3 aromatic carbocycles. The number of benzene rings is 3. The molecule has 0 N–H and O–H groups in total. The van der Waals surface area contributed by atoms with Crippen LogP contribution in [0.25, 0.3) is 10.8 Å². The SMILES string of the molecule is CC(C)(C)N1C(=O)c2ccc3ccccc3c2C1c1ccccc1. The van der Waals surface area contributed by atoms with Crippen LogP contribution in [-0.4, -0.2) is 16.3 Å². The van der Waals surface area contributed by atoms with Crippen LogP contribution in [0.4, 0.5) is 0 Å². The van der Waals surface area contributed by atoms with E-state index in [1.54, 1.807) is 0 Å². The molecule has 0 spiro atoms. The third-order valence-electron chi connectivity index (χ3n) is 4.79. The number of carbonyl (C=O) groups is 1. The van der Waals surface area contributed by atoms with Gasteiger partial charge in [-0.1, -0.05) is 60.7 Å². The minimum absolute atomic E-state index is 0.0419. The quantitative estimate of drug-likeness (QED) is 0.605. The lowest BCUT2D eigenvalue weighted by molar-refractivity contribution is 0.0552. The number of rotatable bonds is 1. The normalized spacial score (nSPS) is 17.4. The second kappa shape index (κ2) is 5.20. The molecule has 0 aliphatic carbocycles. The standard InChI is InChI=1S/C22H21NO/c1-22(2,3)23-20(16-10-5-4-6-11-16)19-17-12-8-7-9-15(17)13-14-18(19)21(23)24/h4-14,20H,1-3H3. The fraction of sp³-hybridized carbons (Fsp3) is 0.227. The van der Waals surface area contributed by atoms with Crippen molar-refractivity contribution in [3.05, 3.63) is 83.4 Å². The summed E-state index contributed by atoms with van der Waals surface area (Å²) < 4.78 is 0. The smallest absolute Gasteiger partial charge is 0.255 e. The van der Waals surface area contributed by atoms with Crippen LogP contribution < -0.4 is 0 Å². The van der Waals surface area contributed by atoms with Crippen molar-refractivity contribution in [2.24, 2.45) is 0 Å². The molecule has 3 aromatic rings. The monoisotopic (exact) mass is 315 g/mol. The Labute approximate surface area is 142 Å². The summed E-state index contributed by atoms with van der Waals surface area (Å²) in [5.41, 5.74) is 2.88. The van der Waals surface area contributed by atoms with Crippen LogP contribution in [0.3, 0.4) is 0 Å². The summed E-state index contributed by atoms with van der Waals surface area (Å²) in [5, 5.41) is 2.35. The zero-order valence-corrected chi connectivity index (χ0v) is 14.3. The molecule has 0 fully saturated rings. The zero-order chi connectivity index (χ0) is 16.9. The molecule has 1 aliphatic rings. The van der Waals surface area contributed by atoms with Gasteiger partial charge in [-0.2, -0.15) is 0 Å². The van der Waals surface area contributed by atoms with Crippen LogP contribution in [0, 0.1) is 0 Å². The van der Waals surface area contributed by atoms with Crippen molar-refractivity contribution in [1.29, 1.82) is 0 Å². The van der Waals surface area contributed by atoms with Crippen molar-refractivity contribution in [2.75, 3.05) is 0 Å². The summed E-state index contributed by atoms with van der Waals surface area (Å²) in [6.07, 6.45) is 0. The second-order valence-corrected chi connectivity index (χ2v) is 7.41. The maximum Gasteiger partial charge on any atom is 0.255 e. The lowest BCUT2D eigenvalue weighted by Crippen LogP contribution is -2.44. The number of hydrogen-bond donors (Lipinski definition) is 0. The Hall–Kier alpha value is -2.61. The Morgan fingerprint density at radius 2 is 1.50 bits per heavy atom. The molecule has 1 heterocycles. The summed E-state index contributed by atoms with van der Waals surface area (Å²) in [4.78, 5) is 15.2. The molecular formula is C22H21NO. The fourth-order valence-electron chi connectivity index (χ4n) is 3.80. The lowest BCUT2D eigenvalue weighted by atomic mass is 9.91. The molecule has 120 valence electrons. The largest absolute Gasteiger partial charge is 0.323 e. The molecule has 2 nitrogen and oxygen atoms in total. The van der Waals surface area contributed by atoms with Crippen LogP contribution >= 0.6 is 0 Å². The van der Waals surface area contributed by atoms with Crippen molar-refractivity contribution < 1.29 is 4.79 Å². The van der Waals surface area contributed by atoms with E-state index in [2.05, 4.69) is 57.2 Å². The van der Waals surface area contributed by atoms with E-state index in [-0.39, 0.29) is 17.5 Å². The number of carbonyl (C=O) groups excluding carboxylic acids is 1. The van der Waals surface area contributed by atoms with Crippen molar-refractivity contribution in [1.82, 2.24) is 4.90 Å². The van der Waals surface area contributed by atoms with Crippen LogP contribution in [-0.2, 0) is 0 Å². The topological polar surface area (TPSA) is 20.3 Å². The molecule has 24 heavy (non-hydrogen) atoms. The van der Waals surface area contributed by atoms with Crippen molar-refractivity contribution >= 4 is 16.7 Å². The predicted molar refractivity (Wildman–Crippen MR) is 98.2 cm³/mol. The van der Waals surface area contributed by atoms with Gasteiger partial charge in [0.15, 0.2) is 0 Å². The Kier molecular flexibility index (Phi) is 3.24. The number of fused-ring (bicyclic) bond motifs is 3. The molecule has 0 radical (unpaired) electrons. The van der Waals surface area contributed by atoms with E-state index in [4.69, 9.17) is 0 Å². The fourth-order valence-corrected chi connectivity index (χ4v) is 3.80. The van der Waals surface area contributed by atoms with Gasteiger partial charge in [0.25, 0.3) is 5.91 Å². The van der Waals surface area contributed by atoms with Crippen molar-refractivity contribution in [3.63, 3.8) is 0 Å².